The summed E-state index contributed by atoms with van der Waals surface area (Å²) in [5.41, 5.74) is 7.44. The fourth-order valence-corrected chi connectivity index (χ4v) is 3.01. The Morgan fingerprint density at radius 1 is 1.24 bits per heavy atom. The first-order valence-electron chi connectivity index (χ1n) is 7.53. The van der Waals surface area contributed by atoms with Gasteiger partial charge in [-0.3, -0.25) is 14.5 Å². The van der Waals surface area contributed by atoms with E-state index in [0.29, 0.717) is 17.3 Å². The van der Waals surface area contributed by atoms with Crippen molar-refractivity contribution in [2.45, 2.75) is 38.6 Å². The van der Waals surface area contributed by atoms with E-state index in [-0.39, 0.29) is 0 Å². The van der Waals surface area contributed by atoms with E-state index in [9.17, 15) is 4.79 Å². The van der Waals surface area contributed by atoms with Crippen LogP contribution in [0.2, 0.25) is 0 Å². The molecule has 1 aliphatic rings. The number of pyridine rings is 1. The number of rotatable bonds is 4. The van der Waals surface area contributed by atoms with Gasteiger partial charge in [-0.1, -0.05) is 25.3 Å². The summed E-state index contributed by atoms with van der Waals surface area (Å²) in [7, 11) is 0. The fraction of sp³-hybridized carbons (Fsp3) is 0.438. The molecule has 1 fully saturated rings. The van der Waals surface area contributed by atoms with E-state index in [1.807, 2.05) is 18.2 Å². The minimum absolute atomic E-state index is 0.430. The molecule has 0 spiro atoms. The van der Waals surface area contributed by atoms with Gasteiger partial charge in [-0.25, -0.2) is 0 Å². The molecule has 1 amide bonds. The lowest BCUT2D eigenvalue weighted by atomic mass is 9.89. The average molecular weight is 284 g/mol. The van der Waals surface area contributed by atoms with Crippen LogP contribution in [0.3, 0.4) is 0 Å². The Kier molecular flexibility index (Phi) is 3.99. The quantitative estimate of drug-likeness (QED) is 0.937. The molecule has 1 saturated carbocycles. The highest BCUT2D eigenvalue weighted by Gasteiger charge is 2.19. The third-order valence-electron chi connectivity index (χ3n) is 4.12. The first kappa shape index (κ1) is 13.8. The molecule has 0 aromatic carbocycles. The van der Waals surface area contributed by atoms with Crippen LogP contribution in [0.4, 0.5) is 0 Å². The van der Waals surface area contributed by atoms with Crippen LogP contribution in [0.25, 0.3) is 11.4 Å². The highest BCUT2D eigenvalue weighted by atomic mass is 16.1. The van der Waals surface area contributed by atoms with Gasteiger partial charge in [-0.05, 0) is 37.0 Å². The summed E-state index contributed by atoms with van der Waals surface area (Å²) in [6.07, 6.45) is 7.99. The number of amides is 1. The summed E-state index contributed by atoms with van der Waals surface area (Å²) in [5.74, 6) is 0.161. The summed E-state index contributed by atoms with van der Waals surface area (Å²) < 4.78 is 1.77. The molecular weight excluding hydrogens is 264 g/mol. The standard InChI is InChI=1S/C16H20N4O/c17-16(21)15-10-14(13-8-4-5-9-18-13)19-20(15)11-12-6-2-1-3-7-12/h4-5,8-10,12H,1-3,6-7,11H2,(H2,17,21). The molecule has 0 aliphatic heterocycles. The van der Waals surface area contributed by atoms with Gasteiger partial charge in [0.25, 0.3) is 5.91 Å². The van der Waals surface area contributed by atoms with Crippen LogP contribution in [-0.2, 0) is 6.54 Å². The normalized spacial score (nSPS) is 16.0. The Labute approximate surface area is 124 Å². The molecule has 0 bridgehead atoms. The molecule has 3 rings (SSSR count). The minimum Gasteiger partial charge on any atom is -0.364 e. The summed E-state index contributed by atoms with van der Waals surface area (Å²) in [6.45, 7) is 0.769. The monoisotopic (exact) mass is 284 g/mol. The topological polar surface area (TPSA) is 73.8 Å². The molecule has 110 valence electrons. The highest BCUT2D eigenvalue weighted by molar-refractivity contribution is 5.92. The Balaban J connectivity index is 1.88. The molecular formula is C16H20N4O. The van der Waals surface area contributed by atoms with Gasteiger partial charge in [0.05, 0.1) is 5.69 Å². The summed E-state index contributed by atoms with van der Waals surface area (Å²) in [4.78, 5) is 15.9. The second-order valence-corrected chi connectivity index (χ2v) is 5.68. The number of hydrogen-bond donors (Lipinski definition) is 1. The largest absolute Gasteiger partial charge is 0.364 e. The summed E-state index contributed by atoms with van der Waals surface area (Å²) >= 11 is 0. The van der Waals surface area contributed by atoms with Gasteiger partial charge in [-0.2, -0.15) is 5.10 Å². The molecule has 2 heterocycles. The molecule has 5 nitrogen and oxygen atoms in total. The zero-order valence-electron chi connectivity index (χ0n) is 12.0. The number of primary amides is 1. The van der Waals surface area contributed by atoms with Crippen LogP contribution < -0.4 is 5.73 Å². The Morgan fingerprint density at radius 3 is 2.71 bits per heavy atom. The summed E-state index contributed by atoms with van der Waals surface area (Å²) in [5, 5.41) is 4.55. The van der Waals surface area contributed by atoms with E-state index in [1.165, 1.54) is 32.1 Å². The SMILES string of the molecule is NC(=O)c1cc(-c2ccccn2)nn1CC1CCCCC1. The number of carbonyl (C=O) groups excluding carboxylic acids is 1. The van der Waals surface area contributed by atoms with Crippen molar-refractivity contribution in [3.8, 4) is 11.4 Å². The molecule has 0 saturated heterocycles. The summed E-state index contributed by atoms with van der Waals surface area (Å²) in [6, 6.07) is 7.40. The van der Waals surface area contributed by atoms with E-state index in [1.54, 1.807) is 16.9 Å². The maximum Gasteiger partial charge on any atom is 0.266 e. The second kappa shape index (κ2) is 6.08. The van der Waals surface area contributed by atoms with E-state index >= 15 is 0 Å². The van der Waals surface area contributed by atoms with Crippen molar-refractivity contribution in [1.29, 1.82) is 0 Å². The van der Waals surface area contributed by atoms with E-state index in [0.717, 1.165) is 12.2 Å². The number of hydrogen-bond acceptors (Lipinski definition) is 3. The van der Waals surface area contributed by atoms with E-state index in [4.69, 9.17) is 5.73 Å². The van der Waals surface area contributed by atoms with Gasteiger partial charge in [0, 0.05) is 12.7 Å². The Morgan fingerprint density at radius 2 is 2.05 bits per heavy atom. The molecule has 21 heavy (non-hydrogen) atoms. The maximum atomic E-state index is 11.6. The zero-order chi connectivity index (χ0) is 14.7. The van der Waals surface area contributed by atoms with Crippen molar-refractivity contribution in [2.75, 3.05) is 0 Å². The van der Waals surface area contributed by atoms with E-state index in [2.05, 4.69) is 10.1 Å². The fourth-order valence-electron chi connectivity index (χ4n) is 3.01. The van der Waals surface area contributed by atoms with Crippen molar-refractivity contribution in [1.82, 2.24) is 14.8 Å². The smallest absolute Gasteiger partial charge is 0.266 e. The minimum atomic E-state index is -0.430. The van der Waals surface area contributed by atoms with E-state index < -0.39 is 5.91 Å². The van der Waals surface area contributed by atoms with Crippen molar-refractivity contribution in [2.24, 2.45) is 11.7 Å². The van der Waals surface area contributed by atoms with Gasteiger partial charge < -0.3 is 5.73 Å². The van der Waals surface area contributed by atoms with Gasteiger partial charge in [0.1, 0.15) is 11.4 Å². The van der Waals surface area contributed by atoms with Gasteiger partial charge in [0.15, 0.2) is 0 Å². The highest BCUT2D eigenvalue weighted by Crippen LogP contribution is 2.26. The first-order valence-corrected chi connectivity index (χ1v) is 7.53. The van der Waals surface area contributed by atoms with Crippen LogP contribution in [-0.4, -0.2) is 20.7 Å². The van der Waals surface area contributed by atoms with Crippen LogP contribution in [0.5, 0.6) is 0 Å². The number of nitrogens with zero attached hydrogens (tertiary/aromatic N) is 3. The molecule has 0 unspecified atom stereocenters. The van der Waals surface area contributed by atoms with Crippen molar-refractivity contribution in [3.05, 3.63) is 36.2 Å². The molecule has 2 aromatic heterocycles. The molecule has 2 N–H and O–H groups in total. The molecule has 5 heteroatoms. The molecule has 2 aromatic rings. The first-order chi connectivity index (χ1) is 10.2. The van der Waals surface area contributed by atoms with Crippen LogP contribution in [0.1, 0.15) is 42.6 Å². The maximum absolute atomic E-state index is 11.6. The molecule has 0 radical (unpaired) electrons. The number of carbonyl (C=O) groups is 1. The molecule has 0 atom stereocenters. The third-order valence-corrected chi connectivity index (χ3v) is 4.12. The Bertz CT molecular complexity index is 614. The van der Waals surface area contributed by atoms with Crippen LogP contribution in [0.15, 0.2) is 30.5 Å². The predicted molar refractivity (Wildman–Crippen MR) is 80.6 cm³/mol. The lowest BCUT2D eigenvalue weighted by molar-refractivity contribution is 0.0988. The van der Waals surface area contributed by atoms with Crippen molar-refractivity contribution < 1.29 is 4.79 Å². The van der Waals surface area contributed by atoms with Crippen molar-refractivity contribution in [3.63, 3.8) is 0 Å². The van der Waals surface area contributed by atoms with Crippen LogP contribution in [0, 0.1) is 5.92 Å². The second-order valence-electron chi connectivity index (χ2n) is 5.68. The average Bonchev–Trinajstić information content (AvgIpc) is 2.93. The third kappa shape index (κ3) is 3.12. The van der Waals surface area contributed by atoms with Gasteiger partial charge >= 0.3 is 0 Å². The van der Waals surface area contributed by atoms with Crippen molar-refractivity contribution >= 4 is 5.91 Å². The van der Waals surface area contributed by atoms with Gasteiger partial charge in [-0.15, -0.1) is 0 Å². The predicted octanol–water partition coefficient (Wildman–Crippen LogP) is 2.62. The molecule has 1 aliphatic carbocycles. The number of aromatic nitrogens is 3. The Hall–Kier alpha value is -2.17. The number of nitrogens with two attached hydrogens (primary N) is 1. The van der Waals surface area contributed by atoms with Crippen LogP contribution >= 0.6 is 0 Å². The lowest BCUT2D eigenvalue weighted by Crippen LogP contribution is -2.22. The van der Waals surface area contributed by atoms with Gasteiger partial charge in [0.2, 0.25) is 0 Å². The lowest BCUT2D eigenvalue weighted by Gasteiger charge is -2.21. The zero-order valence-corrected chi connectivity index (χ0v) is 12.0.